The summed E-state index contributed by atoms with van der Waals surface area (Å²) >= 11 is 5.03. The molecule has 128 valence electrons. The minimum absolute atomic E-state index is 0.133. The van der Waals surface area contributed by atoms with Crippen LogP contribution in [-0.2, 0) is 0 Å². The van der Waals surface area contributed by atoms with Crippen LogP contribution in [0, 0.1) is 11.7 Å². The van der Waals surface area contributed by atoms with E-state index in [1.165, 1.54) is 6.21 Å². The first kappa shape index (κ1) is 17.9. The standard InChI is InChI=1S/C16H20N4O3S/c1-4-5-8-23-13-7-6-12(9-14(13)22-3)10-17-20-15(21)11(2)18-19-16(20)24/h6-7,9-10H,4-5,8H2,1-3H3,(H,19,24)/b17-10-. The fourth-order valence-electron chi connectivity index (χ4n) is 1.91. The van der Waals surface area contributed by atoms with Gasteiger partial charge < -0.3 is 9.47 Å². The Labute approximate surface area is 144 Å². The van der Waals surface area contributed by atoms with E-state index >= 15 is 0 Å². The molecule has 0 aliphatic carbocycles. The van der Waals surface area contributed by atoms with Crippen LogP contribution in [-0.4, -0.2) is 34.8 Å². The zero-order valence-electron chi connectivity index (χ0n) is 13.9. The molecule has 0 fully saturated rings. The molecule has 1 heterocycles. The minimum atomic E-state index is -0.360. The molecule has 0 amide bonds. The molecule has 7 nitrogen and oxygen atoms in total. The smallest absolute Gasteiger partial charge is 0.296 e. The maximum absolute atomic E-state index is 12.0. The topological polar surface area (TPSA) is 81.5 Å². The van der Waals surface area contributed by atoms with Gasteiger partial charge in [0.25, 0.3) is 5.56 Å². The van der Waals surface area contributed by atoms with Crippen molar-refractivity contribution in [3.05, 3.63) is 44.6 Å². The van der Waals surface area contributed by atoms with E-state index in [4.69, 9.17) is 21.7 Å². The van der Waals surface area contributed by atoms with Gasteiger partial charge in [0.1, 0.15) is 5.69 Å². The first-order chi connectivity index (χ1) is 11.6. The number of benzene rings is 1. The average Bonchev–Trinajstić information content (AvgIpc) is 2.59. The highest BCUT2D eigenvalue weighted by Crippen LogP contribution is 2.27. The summed E-state index contributed by atoms with van der Waals surface area (Å²) in [5.41, 5.74) is 0.685. The normalized spacial score (nSPS) is 11.0. The predicted octanol–water partition coefficient (Wildman–Crippen LogP) is 2.68. The third-order valence-corrected chi connectivity index (χ3v) is 3.54. The van der Waals surface area contributed by atoms with Crippen LogP contribution < -0.4 is 15.0 Å². The maximum atomic E-state index is 12.0. The molecule has 0 atom stereocenters. The molecule has 24 heavy (non-hydrogen) atoms. The minimum Gasteiger partial charge on any atom is -0.493 e. The van der Waals surface area contributed by atoms with Gasteiger partial charge in [0, 0.05) is 0 Å². The highest BCUT2D eigenvalue weighted by Gasteiger charge is 2.05. The Bertz CT molecular complexity index is 842. The monoisotopic (exact) mass is 348 g/mol. The van der Waals surface area contributed by atoms with Crippen LogP contribution in [0.3, 0.4) is 0 Å². The Morgan fingerprint density at radius 3 is 2.92 bits per heavy atom. The summed E-state index contributed by atoms with van der Waals surface area (Å²) in [7, 11) is 1.58. The molecule has 8 heteroatoms. The van der Waals surface area contributed by atoms with Gasteiger partial charge in [0.15, 0.2) is 11.5 Å². The zero-order valence-corrected chi connectivity index (χ0v) is 14.7. The van der Waals surface area contributed by atoms with Crippen molar-refractivity contribution in [3.63, 3.8) is 0 Å². The Hall–Kier alpha value is -2.48. The van der Waals surface area contributed by atoms with Crippen molar-refractivity contribution in [3.8, 4) is 11.5 Å². The molecule has 2 rings (SSSR count). The molecule has 1 N–H and O–H groups in total. The number of nitrogens with zero attached hydrogens (tertiary/aromatic N) is 3. The molecule has 0 saturated heterocycles. The van der Waals surface area contributed by atoms with Crippen molar-refractivity contribution in [1.82, 2.24) is 14.9 Å². The third kappa shape index (κ3) is 4.29. The Morgan fingerprint density at radius 2 is 2.21 bits per heavy atom. The number of aryl methyl sites for hydroxylation is 1. The van der Waals surface area contributed by atoms with Gasteiger partial charge in [0.2, 0.25) is 4.77 Å². The van der Waals surface area contributed by atoms with E-state index in [2.05, 4.69) is 22.2 Å². The fraction of sp³-hybridized carbons (Fsp3) is 0.375. The number of unbranched alkanes of at least 4 members (excludes halogenated alkanes) is 1. The fourth-order valence-corrected chi connectivity index (χ4v) is 2.09. The van der Waals surface area contributed by atoms with Crippen LogP contribution in [0.2, 0.25) is 0 Å². The highest BCUT2D eigenvalue weighted by molar-refractivity contribution is 7.71. The summed E-state index contributed by atoms with van der Waals surface area (Å²) in [5, 5.41) is 10.5. The van der Waals surface area contributed by atoms with Crippen molar-refractivity contribution in [1.29, 1.82) is 0 Å². The number of ether oxygens (including phenoxy) is 2. The Balaban J connectivity index is 2.26. The van der Waals surface area contributed by atoms with Crippen molar-refractivity contribution < 1.29 is 9.47 Å². The highest BCUT2D eigenvalue weighted by atomic mass is 32.1. The summed E-state index contributed by atoms with van der Waals surface area (Å²) in [5.74, 6) is 1.29. The summed E-state index contributed by atoms with van der Waals surface area (Å²) in [4.78, 5) is 12.0. The summed E-state index contributed by atoms with van der Waals surface area (Å²) < 4.78 is 12.3. The van der Waals surface area contributed by atoms with Crippen LogP contribution in [0.1, 0.15) is 31.0 Å². The molecule has 0 saturated carbocycles. The molecule has 1 aromatic heterocycles. The zero-order chi connectivity index (χ0) is 17.5. The van der Waals surface area contributed by atoms with Crippen molar-refractivity contribution in [2.75, 3.05) is 13.7 Å². The number of hydrogen-bond donors (Lipinski definition) is 1. The summed E-state index contributed by atoms with van der Waals surface area (Å²) in [6.07, 6.45) is 3.57. The van der Waals surface area contributed by atoms with Crippen LogP contribution in [0.4, 0.5) is 0 Å². The molecular weight excluding hydrogens is 328 g/mol. The molecule has 0 radical (unpaired) electrons. The number of aromatic nitrogens is 3. The Morgan fingerprint density at radius 1 is 1.42 bits per heavy atom. The van der Waals surface area contributed by atoms with E-state index in [0.29, 0.717) is 18.1 Å². The van der Waals surface area contributed by atoms with Gasteiger partial charge in [-0.1, -0.05) is 13.3 Å². The van der Waals surface area contributed by atoms with Crippen molar-refractivity contribution in [2.45, 2.75) is 26.7 Å². The van der Waals surface area contributed by atoms with Crippen LogP contribution in [0.15, 0.2) is 28.1 Å². The number of H-pyrrole nitrogens is 1. The van der Waals surface area contributed by atoms with Crippen molar-refractivity contribution in [2.24, 2.45) is 5.10 Å². The SMILES string of the molecule is CCCCOc1ccc(/C=N\n2c(=S)[nH]nc(C)c2=O)cc1OC. The molecule has 0 aliphatic rings. The van der Waals surface area contributed by atoms with Crippen LogP contribution >= 0.6 is 12.2 Å². The molecule has 2 aromatic rings. The molecule has 0 aliphatic heterocycles. The van der Waals surface area contributed by atoms with Gasteiger partial charge in [-0.25, -0.2) is 0 Å². The van der Waals surface area contributed by atoms with Gasteiger partial charge in [-0.3, -0.25) is 9.89 Å². The number of methoxy groups -OCH3 is 1. The Kier molecular flexibility index (Phi) is 6.25. The quantitative estimate of drug-likeness (QED) is 0.473. The number of aromatic amines is 1. The molecule has 0 unspecified atom stereocenters. The van der Waals surface area contributed by atoms with Gasteiger partial charge in [0.05, 0.1) is 19.9 Å². The van der Waals surface area contributed by atoms with E-state index < -0.39 is 0 Å². The number of rotatable bonds is 7. The van der Waals surface area contributed by atoms with Crippen molar-refractivity contribution >= 4 is 18.4 Å². The first-order valence-electron chi connectivity index (χ1n) is 7.60. The maximum Gasteiger partial charge on any atom is 0.296 e. The second-order valence-electron chi connectivity index (χ2n) is 5.09. The van der Waals surface area contributed by atoms with E-state index in [1.807, 2.05) is 12.1 Å². The average molecular weight is 348 g/mol. The molecule has 1 aromatic carbocycles. The second kappa shape index (κ2) is 8.39. The van der Waals surface area contributed by atoms with Crippen LogP contribution in [0.5, 0.6) is 11.5 Å². The largest absolute Gasteiger partial charge is 0.493 e. The lowest BCUT2D eigenvalue weighted by atomic mass is 10.2. The predicted molar refractivity (Wildman–Crippen MR) is 94.8 cm³/mol. The lowest BCUT2D eigenvalue weighted by molar-refractivity contribution is 0.288. The van der Waals surface area contributed by atoms with E-state index in [0.717, 1.165) is 23.1 Å². The van der Waals surface area contributed by atoms with E-state index in [-0.39, 0.29) is 16.0 Å². The number of nitrogens with one attached hydrogen (secondary N) is 1. The first-order valence-corrected chi connectivity index (χ1v) is 8.01. The summed E-state index contributed by atoms with van der Waals surface area (Å²) in [6, 6.07) is 5.44. The van der Waals surface area contributed by atoms with Gasteiger partial charge in [-0.2, -0.15) is 14.9 Å². The lowest BCUT2D eigenvalue weighted by Crippen LogP contribution is -2.22. The third-order valence-electron chi connectivity index (χ3n) is 3.28. The molecule has 0 bridgehead atoms. The second-order valence-corrected chi connectivity index (χ2v) is 5.47. The number of hydrogen-bond acceptors (Lipinski definition) is 6. The summed E-state index contributed by atoms with van der Waals surface area (Å²) in [6.45, 7) is 4.33. The molecular formula is C16H20N4O3S. The van der Waals surface area contributed by atoms with Gasteiger partial charge in [-0.05, 0) is 49.3 Å². The lowest BCUT2D eigenvalue weighted by Gasteiger charge is -2.10. The van der Waals surface area contributed by atoms with Crippen LogP contribution in [0.25, 0.3) is 0 Å². The van der Waals surface area contributed by atoms with E-state index in [1.54, 1.807) is 20.1 Å². The molecule has 0 spiro atoms. The van der Waals surface area contributed by atoms with E-state index in [9.17, 15) is 4.79 Å². The van der Waals surface area contributed by atoms with Gasteiger partial charge in [-0.15, -0.1) is 0 Å². The van der Waals surface area contributed by atoms with Gasteiger partial charge >= 0.3 is 0 Å².